The molecule has 0 amide bonds. The largest absolute Gasteiger partial charge is 0.508 e. The summed E-state index contributed by atoms with van der Waals surface area (Å²) in [5, 5.41) is 14.9. The highest BCUT2D eigenvalue weighted by atomic mass is 16.3. The van der Waals surface area contributed by atoms with Crippen LogP contribution in [0.15, 0.2) is 30.5 Å². The number of anilines is 1. The minimum Gasteiger partial charge on any atom is -0.508 e. The number of hydrogen-bond donors (Lipinski definition) is 3. The van der Waals surface area contributed by atoms with Crippen LogP contribution in [0.1, 0.15) is 19.8 Å². The molecule has 1 aromatic heterocycles. The van der Waals surface area contributed by atoms with Crippen LogP contribution in [0.3, 0.4) is 0 Å². The zero-order chi connectivity index (χ0) is 13.0. The second kappa shape index (κ2) is 5.69. The van der Waals surface area contributed by atoms with Gasteiger partial charge in [0.15, 0.2) is 0 Å². The van der Waals surface area contributed by atoms with Gasteiger partial charge in [-0.25, -0.2) is 4.98 Å². The van der Waals surface area contributed by atoms with E-state index >= 15 is 0 Å². The molecule has 0 bridgehead atoms. The molecule has 0 aliphatic carbocycles. The first-order chi connectivity index (χ1) is 8.74. The highest BCUT2D eigenvalue weighted by molar-refractivity contribution is 5.92. The number of aromatic nitrogens is 1. The number of aromatic hydroxyl groups is 1. The Morgan fingerprint density at radius 2 is 2.22 bits per heavy atom. The molecule has 1 atom stereocenters. The fourth-order valence-electron chi connectivity index (χ4n) is 2.06. The van der Waals surface area contributed by atoms with Gasteiger partial charge in [-0.2, -0.15) is 0 Å². The summed E-state index contributed by atoms with van der Waals surface area (Å²) in [7, 11) is 0. The summed E-state index contributed by atoms with van der Waals surface area (Å²) in [5.41, 5.74) is 5.74. The van der Waals surface area contributed by atoms with Crippen LogP contribution in [0.2, 0.25) is 0 Å². The highest BCUT2D eigenvalue weighted by Gasteiger charge is 2.09. The van der Waals surface area contributed by atoms with Gasteiger partial charge in [0.25, 0.3) is 0 Å². The van der Waals surface area contributed by atoms with Crippen molar-refractivity contribution in [2.24, 2.45) is 5.73 Å². The second-order valence-corrected chi connectivity index (χ2v) is 4.43. The Kier molecular flexibility index (Phi) is 3.99. The van der Waals surface area contributed by atoms with Gasteiger partial charge in [0, 0.05) is 24.2 Å². The fourth-order valence-corrected chi connectivity index (χ4v) is 2.06. The van der Waals surface area contributed by atoms with Gasteiger partial charge in [0.2, 0.25) is 0 Å². The van der Waals surface area contributed by atoms with Gasteiger partial charge in [-0.1, -0.05) is 19.4 Å². The molecule has 0 saturated heterocycles. The van der Waals surface area contributed by atoms with Crippen LogP contribution in [0, 0.1) is 0 Å². The van der Waals surface area contributed by atoms with Crippen LogP contribution in [0.5, 0.6) is 5.75 Å². The lowest BCUT2D eigenvalue weighted by Gasteiger charge is -2.17. The first-order valence-corrected chi connectivity index (χ1v) is 6.29. The molecule has 0 spiro atoms. The summed E-state index contributed by atoms with van der Waals surface area (Å²) in [4.78, 5) is 4.34. The zero-order valence-electron chi connectivity index (χ0n) is 10.6. The van der Waals surface area contributed by atoms with E-state index in [9.17, 15) is 5.11 Å². The Balaban J connectivity index is 2.34. The van der Waals surface area contributed by atoms with E-state index in [1.807, 2.05) is 12.1 Å². The van der Waals surface area contributed by atoms with Crippen LogP contribution in [-0.2, 0) is 0 Å². The summed E-state index contributed by atoms with van der Waals surface area (Å²) in [6.07, 6.45) is 3.85. The van der Waals surface area contributed by atoms with Gasteiger partial charge < -0.3 is 16.2 Å². The molecule has 0 radical (unpaired) electrons. The van der Waals surface area contributed by atoms with Crippen LogP contribution in [0.4, 0.5) is 5.82 Å². The lowest BCUT2D eigenvalue weighted by Crippen LogP contribution is -2.29. The van der Waals surface area contributed by atoms with Crippen molar-refractivity contribution < 1.29 is 5.11 Å². The third-order valence-electron chi connectivity index (χ3n) is 3.01. The third-order valence-corrected chi connectivity index (χ3v) is 3.01. The van der Waals surface area contributed by atoms with Crippen LogP contribution < -0.4 is 11.1 Å². The number of pyridine rings is 1. The molecule has 0 fully saturated rings. The quantitative estimate of drug-likeness (QED) is 0.756. The Morgan fingerprint density at radius 1 is 1.39 bits per heavy atom. The van der Waals surface area contributed by atoms with Gasteiger partial charge in [0.1, 0.15) is 11.6 Å². The molecule has 1 aromatic carbocycles. The number of nitrogens with two attached hydrogens (primary N) is 1. The minimum atomic E-state index is 0.218. The molecule has 0 aliphatic rings. The number of fused-ring (bicyclic) bond motifs is 1. The molecule has 2 aromatic rings. The van der Waals surface area contributed by atoms with Crippen molar-refractivity contribution in [3.63, 3.8) is 0 Å². The molecule has 4 nitrogen and oxygen atoms in total. The lowest BCUT2D eigenvalue weighted by molar-refractivity contribution is 0.476. The maximum atomic E-state index is 9.57. The molecule has 96 valence electrons. The van der Waals surface area contributed by atoms with Crippen molar-refractivity contribution in [2.75, 3.05) is 11.9 Å². The van der Waals surface area contributed by atoms with E-state index in [0.29, 0.717) is 6.54 Å². The summed E-state index contributed by atoms with van der Waals surface area (Å²) < 4.78 is 0. The highest BCUT2D eigenvalue weighted by Crippen LogP contribution is 2.25. The predicted molar refractivity (Wildman–Crippen MR) is 74.8 cm³/mol. The van der Waals surface area contributed by atoms with Crippen LogP contribution >= 0.6 is 0 Å². The zero-order valence-corrected chi connectivity index (χ0v) is 10.6. The summed E-state index contributed by atoms with van der Waals surface area (Å²) >= 11 is 0. The Labute approximate surface area is 107 Å². The van der Waals surface area contributed by atoms with E-state index in [0.717, 1.165) is 29.4 Å². The van der Waals surface area contributed by atoms with E-state index < -0.39 is 0 Å². The van der Waals surface area contributed by atoms with E-state index in [4.69, 9.17) is 5.73 Å². The molecule has 4 heteroatoms. The number of phenolic OH excluding ortho intramolecular Hbond substituents is 1. The smallest absolute Gasteiger partial charge is 0.134 e. The second-order valence-electron chi connectivity index (χ2n) is 4.43. The predicted octanol–water partition coefficient (Wildman–Crippen LogP) is 2.48. The first kappa shape index (κ1) is 12.6. The molecule has 18 heavy (non-hydrogen) atoms. The number of phenols is 1. The summed E-state index contributed by atoms with van der Waals surface area (Å²) in [6.45, 7) is 2.71. The van der Waals surface area contributed by atoms with E-state index in [1.165, 1.54) is 0 Å². The summed E-state index contributed by atoms with van der Waals surface area (Å²) in [6, 6.07) is 7.44. The normalized spacial score (nSPS) is 12.6. The number of rotatable bonds is 5. The first-order valence-electron chi connectivity index (χ1n) is 6.29. The SMILES string of the molecule is CCCC(CN)Nc1nccc2ccc(O)cc12. The molecule has 1 heterocycles. The third kappa shape index (κ3) is 2.71. The topological polar surface area (TPSA) is 71.2 Å². The molecule has 1 unspecified atom stereocenters. The fraction of sp³-hybridized carbons (Fsp3) is 0.357. The monoisotopic (exact) mass is 245 g/mol. The van der Waals surface area contributed by atoms with Crippen LogP contribution in [-0.4, -0.2) is 22.7 Å². The Hall–Kier alpha value is -1.81. The summed E-state index contributed by atoms with van der Waals surface area (Å²) in [5.74, 6) is 1.03. The van der Waals surface area contributed by atoms with Gasteiger partial charge in [-0.3, -0.25) is 0 Å². The van der Waals surface area contributed by atoms with Crippen molar-refractivity contribution in [2.45, 2.75) is 25.8 Å². The average molecular weight is 245 g/mol. The van der Waals surface area contributed by atoms with E-state index in [2.05, 4.69) is 17.2 Å². The molecule has 0 aliphatic heterocycles. The van der Waals surface area contributed by atoms with Crippen molar-refractivity contribution in [3.8, 4) is 5.75 Å². The number of nitrogens with zero attached hydrogens (tertiary/aromatic N) is 1. The van der Waals surface area contributed by atoms with Crippen molar-refractivity contribution in [1.29, 1.82) is 0 Å². The van der Waals surface area contributed by atoms with Crippen molar-refractivity contribution in [3.05, 3.63) is 30.5 Å². The molecule has 2 rings (SSSR count). The maximum absolute atomic E-state index is 9.57. The molecule has 4 N–H and O–H groups in total. The van der Waals surface area contributed by atoms with E-state index in [-0.39, 0.29) is 11.8 Å². The Morgan fingerprint density at radius 3 is 2.94 bits per heavy atom. The Bertz CT molecular complexity index is 527. The molecular weight excluding hydrogens is 226 g/mol. The van der Waals surface area contributed by atoms with Crippen molar-refractivity contribution in [1.82, 2.24) is 4.98 Å². The number of hydrogen-bond acceptors (Lipinski definition) is 4. The maximum Gasteiger partial charge on any atom is 0.134 e. The van der Waals surface area contributed by atoms with E-state index in [1.54, 1.807) is 18.3 Å². The molecule has 0 saturated carbocycles. The van der Waals surface area contributed by atoms with Crippen LogP contribution in [0.25, 0.3) is 10.8 Å². The minimum absolute atomic E-state index is 0.218. The van der Waals surface area contributed by atoms with Gasteiger partial charge in [-0.05, 0) is 30.0 Å². The number of benzene rings is 1. The van der Waals surface area contributed by atoms with Gasteiger partial charge in [-0.15, -0.1) is 0 Å². The van der Waals surface area contributed by atoms with Gasteiger partial charge >= 0.3 is 0 Å². The number of nitrogens with one attached hydrogen (secondary N) is 1. The standard InChI is InChI=1S/C14H19N3O/c1-2-3-11(9-15)17-14-13-8-12(18)5-4-10(13)6-7-16-14/h4-8,11,18H,2-3,9,15H2,1H3,(H,16,17). The molecular formula is C14H19N3O. The lowest BCUT2D eigenvalue weighted by atomic mass is 10.1. The average Bonchev–Trinajstić information content (AvgIpc) is 2.38. The van der Waals surface area contributed by atoms with Gasteiger partial charge in [0.05, 0.1) is 0 Å². The van der Waals surface area contributed by atoms with Crippen molar-refractivity contribution >= 4 is 16.6 Å².